The maximum atomic E-state index is 5.93. The van der Waals surface area contributed by atoms with Crippen LogP contribution in [0, 0.1) is 0 Å². The second-order valence-corrected chi connectivity index (χ2v) is 6.35. The minimum Gasteiger partial charge on any atom is -0.497 e. The zero-order chi connectivity index (χ0) is 12.3. The largest absolute Gasteiger partial charge is 0.497 e. The Hall–Kier alpha value is -0.650. The third kappa shape index (κ3) is 3.40. The van der Waals surface area contributed by atoms with Gasteiger partial charge in [0.25, 0.3) is 0 Å². The van der Waals surface area contributed by atoms with Crippen molar-refractivity contribution in [1.82, 2.24) is 0 Å². The van der Waals surface area contributed by atoms with Gasteiger partial charge in [-0.05, 0) is 40.2 Å². The van der Waals surface area contributed by atoms with Crippen LogP contribution in [-0.4, -0.2) is 7.11 Å². The van der Waals surface area contributed by atoms with Gasteiger partial charge in [-0.2, -0.15) is 0 Å². The number of rotatable bonds is 4. The summed E-state index contributed by atoms with van der Waals surface area (Å²) in [6, 6.07) is 7.86. The summed E-state index contributed by atoms with van der Waals surface area (Å²) in [4.78, 5) is 2.39. The first-order valence-corrected chi connectivity index (χ1v) is 7.64. The predicted molar refractivity (Wildman–Crippen MR) is 79.0 cm³/mol. The van der Waals surface area contributed by atoms with Crippen LogP contribution in [0.5, 0.6) is 5.75 Å². The second-order valence-electron chi connectivity index (χ2n) is 3.42. The van der Waals surface area contributed by atoms with Crippen molar-refractivity contribution in [3.63, 3.8) is 0 Å². The van der Waals surface area contributed by atoms with E-state index in [1.165, 1.54) is 4.88 Å². The molecule has 1 aromatic carbocycles. The van der Waals surface area contributed by atoms with Crippen LogP contribution in [0.4, 0.5) is 5.69 Å². The average molecular weight is 330 g/mol. The van der Waals surface area contributed by atoms with Gasteiger partial charge < -0.3 is 10.5 Å². The Morgan fingerprint density at radius 1 is 1.41 bits per heavy atom. The molecule has 0 atom stereocenters. The molecule has 0 spiro atoms. The zero-order valence-electron chi connectivity index (χ0n) is 9.27. The van der Waals surface area contributed by atoms with E-state index in [0.29, 0.717) is 0 Å². The standard InChI is InChI=1S/C12H12BrNOS2/c1-15-9-2-3-11(14)12(5-9)17-7-10-4-8(13)6-16-10/h2-6H,7,14H2,1H3. The fourth-order valence-electron chi connectivity index (χ4n) is 1.35. The summed E-state index contributed by atoms with van der Waals surface area (Å²) in [7, 11) is 1.66. The second kappa shape index (κ2) is 5.80. The van der Waals surface area contributed by atoms with E-state index in [4.69, 9.17) is 10.5 Å². The normalized spacial score (nSPS) is 10.5. The highest BCUT2D eigenvalue weighted by molar-refractivity contribution is 9.10. The minimum absolute atomic E-state index is 0.798. The minimum atomic E-state index is 0.798. The first-order valence-electron chi connectivity index (χ1n) is 4.98. The lowest BCUT2D eigenvalue weighted by atomic mass is 10.3. The number of halogens is 1. The Morgan fingerprint density at radius 3 is 2.88 bits per heavy atom. The molecular weight excluding hydrogens is 318 g/mol. The number of hydrogen-bond donors (Lipinski definition) is 1. The molecule has 17 heavy (non-hydrogen) atoms. The summed E-state index contributed by atoms with van der Waals surface area (Å²) < 4.78 is 6.33. The molecule has 5 heteroatoms. The Morgan fingerprint density at radius 2 is 2.24 bits per heavy atom. The number of nitrogen functional groups attached to an aromatic ring is 1. The number of methoxy groups -OCH3 is 1. The van der Waals surface area contributed by atoms with Crippen molar-refractivity contribution in [2.75, 3.05) is 12.8 Å². The molecule has 0 saturated carbocycles. The van der Waals surface area contributed by atoms with Crippen LogP contribution in [-0.2, 0) is 5.75 Å². The molecule has 2 rings (SSSR count). The van der Waals surface area contributed by atoms with Crippen LogP contribution < -0.4 is 10.5 Å². The third-order valence-corrected chi connectivity index (χ3v) is 5.21. The summed E-state index contributed by atoms with van der Waals surface area (Å²) in [6.07, 6.45) is 0. The molecule has 0 aliphatic heterocycles. The lowest BCUT2D eigenvalue weighted by Gasteiger charge is -2.07. The van der Waals surface area contributed by atoms with E-state index in [0.717, 1.165) is 26.6 Å². The molecule has 2 nitrogen and oxygen atoms in total. The van der Waals surface area contributed by atoms with Gasteiger partial charge in [-0.1, -0.05) is 0 Å². The Kier molecular flexibility index (Phi) is 4.36. The molecule has 0 saturated heterocycles. The predicted octanol–water partition coefficient (Wildman–Crippen LogP) is 4.39. The maximum absolute atomic E-state index is 5.93. The number of hydrogen-bond acceptors (Lipinski definition) is 4. The molecular formula is C12H12BrNOS2. The topological polar surface area (TPSA) is 35.2 Å². The van der Waals surface area contributed by atoms with Gasteiger partial charge in [0.15, 0.2) is 0 Å². The van der Waals surface area contributed by atoms with Crippen molar-refractivity contribution in [3.05, 3.63) is 39.0 Å². The number of thioether (sulfide) groups is 1. The first kappa shape index (κ1) is 12.8. The van der Waals surface area contributed by atoms with E-state index in [1.807, 2.05) is 18.2 Å². The van der Waals surface area contributed by atoms with E-state index in [1.54, 1.807) is 30.2 Å². The Balaban J connectivity index is 2.07. The molecule has 0 amide bonds. The van der Waals surface area contributed by atoms with Crippen molar-refractivity contribution in [2.24, 2.45) is 0 Å². The molecule has 0 aliphatic rings. The SMILES string of the molecule is COc1ccc(N)c(SCc2cc(Br)cs2)c1. The van der Waals surface area contributed by atoms with Gasteiger partial charge in [-0.15, -0.1) is 23.1 Å². The third-order valence-electron chi connectivity index (χ3n) is 2.21. The van der Waals surface area contributed by atoms with Gasteiger partial charge in [-0.25, -0.2) is 0 Å². The zero-order valence-corrected chi connectivity index (χ0v) is 12.5. The fourth-order valence-corrected chi connectivity index (χ4v) is 3.84. The molecule has 0 bridgehead atoms. The smallest absolute Gasteiger partial charge is 0.120 e. The van der Waals surface area contributed by atoms with E-state index in [9.17, 15) is 0 Å². The number of benzene rings is 1. The molecule has 1 aromatic heterocycles. The van der Waals surface area contributed by atoms with Crippen molar-refractivity contribution >= 4 is 44.7 Å². The molecule has 90 valence electrons. The van der Waals surface area contributed by atoms with Crippen molar-refractivity contribution in [1.29, 1.82) is 0 Å². The molecule has 0 aliphatic carbocycles. The van der Waals surface area contributed by atoms with Crippen molar-refractivity contribution < 1.29 is 4.74 Å². The van der Waals surface area contributed by atoms with Gasteiger partial charge in [-0.3, -0.25) is 0 Å². The summed E-state index contributed by atoms with van der Waals surface area (Å²) in [5.74, 6) is 1.77. The van der Waals surface area contributed by atoms with Crippen molar-refractivity contribution in [2.45, 2.75) is 10.6 Å². The lowest BCUT2D eigenvalue weighted by Crippen LogP contribution is -1.90. The summed E-state index contributed by atoms with van der Waals surface area (Å²) in [5.41, 5.74) is 6.73. The monoisotopic (exact) mass is 329 g/mol. The highest BCUT2D eigenvalue weighted by atomic mass is 79.9. The van der Waals surface area contributed by atoms with Gasteiger partial charge in [0.2, 0.25) is 0 Å². The summed E-state index contributed by atoms with van der Waals surface area (Å²) >= 11 is 6.92. The summed E-state index contributed by atoms with van der Waals surface area (Å²) in [6.45, 7) is 0. The maximum Gasteiger partial charge on any atom is 0.120 e. The molecule has 0 unspecified atom stereocenters. The van der Waals surface area contributed by atoms with Crippen LogP contribution in [0.2, 0.25) is 0 Å². The van der Waals surface area contributed by atoms with E-state index in [-0.39, 0.29) is 0 Å². The number of anilines is 1. The number of thiophene rings is 1. The molecule has 1 heterocycles. The quantitative estimate of drug-likeness (QED) is 0.667. The lowest BCUT2D eigenvalue weighted by molar-refractivity contribution is 0.414. The highest BCUT2D eigenvalue weighted by Gasteiger charge is 2.04. The van der Waals surface area contributed by atoms with Crippen LogP contribution in [0.25, 0.3) is 0 Å². The van der Waals surface area contributed by atoms with Crippen LogP contribution >= 0.6 is 39.0 Å². The fraction of sp³-hybridized carbons (Fsp3) is 0.167. The Bertz CT molecular complexity index is 513. The van der Waals surface area contributed by atoms with Crippen molar-refractivity contribution in [3.8, 4) is 5.75 Å². The van der Waals surface area contributed by atoms with Gasteiger partial charge in [0.05, 0.1) is 7.11 Å². The highest BCUT2D eigenvalue weighted by Crippen LogP contribution is 2.33. The molecule has 2 aromatic rings. The number of ether oxygens (including phenoxy) is 1. The number of nitrogens with two attached hydrogens (primary N) is 1. The molecule has 0 radical (unpaired) electrons. The van der Waals surface area contributed by atoms with Gasteiger partial charge >= 0.3 is 0 Å². The molecule has 2 N–H and O–H groups in total. The van der Waals surface area contributed by atoms with Crippen LogP contribution in [0.3, 0.4) is 0 Å². The average Bonchev–Trinajstić information content (AvgIpc) is 2.74. The van der Waals surface area contributed by atoms with Crippen LogP contribution in [0.15, 0.2) is 39.0 Å². The Labute approximate surface area is 117 Å². The van der Waals surface area contributed by atoms with E-state index in [2.05, 4.69) is 27.4 Å². The van der Waals surface area contributed by atoms with Gasteiger partial charge in [0, 0.05) is 31.1 Å². The summed E-state index contributed by atoms with van der Waals surface area (Å²) in [5, 5.41) is 2.09. The molecule has 0 fully saturated rings. The van der Waals surface area contributed by atoms with E-state index >= 15 is 0 Å². The first-order chi connectivity index (χ1) is 8.19. The van der Waals surface area contributed by atoms with Gasteiger partial charge in [0.1, 0.15) is 5.75 Å². The van der Waals surface area contributed by atoms with Crippen LogP contribution in [0.1, 0.15) is 4.88 Å². The van der Waals surface area contributed by atoms with E-state index < -0.39 is 0 Å².